The van der Waals surface area contributed by atoms with Crippen molar-refractivity contribution in [2.45, 2.75) is 63.1 Å². The fourth-order valence-electron chi connectivity index (χ4n) is 2.88. The average molecular weight is 308 g/mol. The Morgan fingerprint density at radius 3 is 2.52 bits per heavy atom. The molecule has 0 aliphatic heterocycles. The predicted molar refractivity (Wildman–Crippen MR) is 83.5 cm³/mol. The van der Waals surface area contributed by atoms with Crippen LogP contribution in [0.25, 0.3) is 0 Å². The van der Waals surface area contributed by atoms with E-state index in [0.717, 1.165) is 30.5 Å². The van der Waals surface area contributed by atoms with Crippen LogP contribution in [0.15, 0.2) is 23.1 Å². The number of hydrogen-bond acceptors (Lipinski definition) is 3. The van der Waals surface area contributed by atoms with Gasteiger partial charge in [-0.3, -0.25) is 0 Å². The third-order valence-corrected chi connectivity index (χ3v) is 6.07. The zero-order valence-corrected chi connectivity index (χ0v) is 13.5. The Morgan fingerprint density at radius 2 is 1.90 bits per heavy atom. The van der Waals surface area contributed by atoms with E-state index in [1.807, 2.05) is 25.1 Å². The standard InChI is InChI=1S/C16H24N2O2S/c1-11-7-15(8-11)18-21(19,20)16-9-13(4-3-12(16)2)10-17-14-5-6-14/h3-4,9,11,14-15,17-18H,5-8,10H2,1-2H3. The molecule has 0 atom stereocenters. The first-order valence-electron chi connectivity index (χ1n) is 7.79. The van der Waals surface area contributed by atoms with Crippen molar-refractivity contribution in [3.63, 3.8) is 0 Å². The predicted octanol–water partition coefficient (Wildman–Crippen LogP) is 2.32. The molecule has 0 amide bonds. The number of sulfonamides is 1. The van der Waals surface area contributed by atoms with E-state index in [0.29, 0.717) is 16.9 Å². The molecule has 2 N–H and O–H groups in total. The highest BCUT2D eigenvalue weighted by atomic mass is 32.2. The molecule has 0 unspecified atom stereocenters. The van der Waals surface area contributed by atoms with Crippen molar-refractivity contribution in [2.75, 3.05) is 0 Å². The van der Waals surface area contributed by atoms with Crippen LogP contribution < -0.4 is 10.0 Å². The molecule has 116 valence electrons. The Balaban J connectivity index is 1.73. The van der Waals surface area contributed by atoms with Crippen LogP contribution in [0.2, 0.25) is 0 Å². The fraction of sp³-hybridized carbons (Fsp3) is 0.625. The summed E-state index contributed by atoms with van der Waals surface area (Å²) in [6.45, 7) is 4.75. The molecule has 2 aliphatic carbocycles. The maximum Gasteiger partial charge on any atom is 0.241 e. The molecule has 4 nitrogen and oxygen atoms in total. The van der Waals surface area contributed by atoms with Gasteiger partial charge in [0.05, 0.1) is 4.90 Å². The molecule has 0 heterocycles. The SMILES string of the molecule is Cc1ccc(CNC2CC2)cc1S(=O)(=O)NC1CC(C)C1. The summed E-state index contributed by atoms with van der Waals surface area (Å²) < 4.78 is 27.9. The van der Waals surface area contributed by atoms with Gasteiger partial charge in [-0.2, -0.15) is 0 Å². The van der Waals surface area contributed by atoms with Gasteiger partial charge in [0.25, 0.3) is 0 Å². The highest BCUT2D eigenvalue weighted by molar-refractivity contribution is 7.89. The summed E-state index contributed by atoms with van der Waals surface area (Å²) in [4.78, 5) is 0.428. The van der Waals surface area contributed by atoms with Gasteiger partial charge in [0.15, 0.2) is 0 Å². The molecule has 0 bridgehead atoms. The summed E-state index contributed by atoms with van der Waals surface area (Å²) in [5.74, 6) is 0.632. The van der Waals surface area contributed by atoms with E-state index in [9.17, 15) is 8.42 Å². The van der Waals surface area contributed by atoms with E-state index >= 15 is 0 Å². The van der Waals surface area contributed by atoms with Crippen molar-refractivity contribution in [1.29, 1.82) is 0 Å². The Bertz CT molecular complexity index is 617. The summed E-state index contributed by atoms with van der Waals surface area (Å²) in [5, 5.41) is 3.42. The highest BCUT2D eigenvalue weighted by Gasteiger charge is 2.30. The number of aryl methyl sites for hydroxylation is 1. The molecule has 21 heavy (non-hydrogen) atoms. The Kier molecular flexibility index (Phi) is 4.08. The van der Waals surface area contributed by atoms with Gasteiger partial charge < -0.3 is 5.32 Å². The second kappa shape index (κ2) is 5.71. The lowest BCUT2D eigenvalue weighted by Crippen LogP contribution is -2.43. The summed E-state index contributed by atoms with van der Waals surface area (Å²) in [6.07, 6.45) is 4.36. The molecule has 5 heteroatoms. The van der Waals surface area contributed by atoms with E-state index < -0.39 is 10.0 Å². The first kappa shape index (κ1) is 15.0. The molecule has 1 aromatic carbocycles. The van der Waals surface area contributed by atoms with E-state index in [1.54, 1.807) is 0 Å². The van der Waals surface area contributed by atoms with Crippen LogP contribution in [-0.4, -0.2) is 20.5 Å². The summed E-state index contributed by atoms with van der Waals surface area (Å²) >= 11 is 0. The van der Waals surface area contributed by atoms with Gasteiger partial charge in [-0.25, -0.2) is 13.1 Å². The van der Waals surface area contributed by atoms with E-state index in [2.05, 4.69) is 17.0 Å². The topological polar surface area (TPSA) is 58.2 Å². The number of nitrogens with one attached hydrogen (secondary N) is 2. The third kappa shape index (κ3) is 3.65. The molecule has 2 fully saturated rings. The lowest BCUT2D eigenvalue weighted by molar-refractivity contribution is 0.270. The first-order chi connectivity index (χ1) is 9.94. The lowest BCUT2D eigenvalue weighted by Gasteiger charge is -2.33. The number of benzene rings is 1. The Morgan fingerprint density at radius 1 is 1.19 bits per heavy atom. The molecule has 0 radical (unpaired) electrons. The minimum atomic E-state index is -3.40. The van der Waals surface area contributed by atoms with Gasteiger partial charge >= 0.3 is 0 Å². The smallest absolute Gasteiger partial charge is 0.241 e. The van der Waals surface area contributed by atoms with Crippen LogP contribution in [0, 0.1) is 12.8 Å². The van der Waals surface area contributed by atoms with Crippen molar-refractivity contribution in [2.24, 2.45) is 5.92 Å². The molecule has 3 rings (SSSR count). The second-order valence-corrected chi connectivity index (χ2v) is 8.33. The molecule has 2 aliphatic rings. The van der Waals surface area contributed by atoms with Gasteiger partial charge in [0.1, 0.15) is 0 Å². The van der Waals surface area contributed by atoms with Crippen molar-refractivity contribution in [1.82, 2.24) is 10.0 Å². The minimum Gasteiger partial charge on any atom is -0.310 e. The first-order valence-corrected chi connectivity index (χ1v) is 9.27. The highest BCUT2D eigenvalue weighted by Crippen LogP contribution is 2.28. The van der Waals surface area contributed by atoms with Crippen molar-refractivity contribution in [3.05, 3.63) is 29.3 Å². The fourth-order valence-corrected chi connectivity index (χ4v) is 4.43. The van der Waals surface area contributed by atoms with E-state index in [-0.39, 0.29) is 6.04 Å². The van der Waals surface area contributed by atoms with Gasteiger partial charge in [-0.1, -0.05) is 19.1 Å². The van der Waals surface area contributed by atoms with Gasteiger partial charge in [-0.05, 0) is 55.7 Å². The molecular weight excluding hydrogens is 284 g/mol. The maximum atomic E-state index is 12.5. The molecule has 2 saturated carbocycles. The minimum absolute atomic E-state index is 0.109. The molecule has 1 aromatic rings. The van der Waals surface area contributed by atoms with Crippen molar-refractivity contribution < 1.29 is 8.42 Å². The average Bonchev–Trinajstić information content (AvgIpc) is 3.19. The third-order valence-electron chi connectivity index (χ3n) is 4.41. The molecule has 0 saturated heterocycles. The largest absolute Gasteiger partial charge is 0.310 e. The van der Waals surface area contributed by atoms with E-state index in [4.69, 9.17) is 0 Å². The van der Waals surface area contributed by atoms with Crippen LogP contribution in [0.5, 0.6) is 0 Å². The summed E-state index contributed by atoms with van der Waals surface area (Å²) in [5.41, 5.74) is 1.85. The monoisotopic (exact) mass is 308 g/mol. The summed E-state index contributed by atoms with van der Waals surface area (Å²) in [7, 11) is -3.40. The lowest BCUT2D eigenvalue weighted by atomic mass is 9.83. The molecular formula is C16H24N2O2S. The molecule has 0 spiro atoms. The van der Waals surface area contributed by atoms with Crippen LogP contribution in [0.3, 0.4) is 0 Å². The zero-order chi connectivity index (χ0) is 15.0. The van der Waals surface area contributed by atoms with Gasteiger partial charge in [-0.15, -0.1) is 0 Å². The number of rotatable bonds is 6. The number of hydrogen-bond donors (Lipinski definition) is 2. The second-order valence-electron chi connectivity index (χ2n) is 6.65. The summed E-state index contributed by atoms with van der Waals surface area (Å²) in [6, 6.07) is 6.46. The van der Waals surface area contributed by atoms with Crippen LogP contribution in [0.4, 0.5) is 0 Å². The Hall–Kier alpha value is -0.910. The normalized spacial score (nSPS) is 25.6. The van der Waals surface area contributed by atoms with Crippen molar-refractivity contribution in [3.8, 4) is 0 Å². The van der Waals surface area contributed by atoms with E-state index in [1.165, 1.54) is 12.8 Å². The van der Waals surface area contributed by atoms with Gasteiger partial charge in [0, 0.05) is 18.6 Å². The van der Waals surface area contributed by atoms with Crippen LogP contribution >= 0.6 is 0 Å². The van der Waals surface area contributed by atoms with Gasteiger partial charge in [0.2, 0.25) is 10.0 Å². The van der Waals surface area contributed by atoms with Crippen LogP contribution in [0.1, 0.15) is 43.7 Å². The van der Waals surface area contributed by atoms with Crippen molar-refractivity contribution >= 4 is 10.0 Å². The Labute approximate surface area is 127 Å². The quantitative estimate of drug-likeness (QED) is 0.848. The zero-order valence-electron chi connectivity index (χ0n) is 12.7. The van der Waals surface area contributed by atoms with Crippen LogP contribution in [-0.2, 0) is 16.6 Å². The molecule has 0 aromatic heterocycles. The maximum absolute atomic E-state index is 12.5.